The lowest BCUT2D eigenvalue weighted by atomic mass is 10.2. The molecule has 3 aromatic rings. The van der Waals surface area contributed by atoms with E-state index in [1.54, 1.807) is 24.5 Å². The summed E-state index contributed by atoms with van der Waals surface area (Å²) in [5.74, 6) is 1.32. The second kappa shape index (κ2) is 4.22. The van der Waals surface area contributed by atoms with E-state index in [0.29, 0.717) is 5.88 Å². The fourth-order valence-electron chi connectivity index (χ4n) is 1.60. The summed E-state index contributed by atoms with van der Waals surface area (Å²) < 4.78 is 5.63. The fourth-order valence-corrected chi connectivity index (χ4v) is 1.60. The summed E-state index contributed by atoms with van der Waals surface area (Å²) in [6.07, 6.45) is 3.36. The van der Waals surface area contributed by atoms with Gasteiger partial charge in [0.05, 0.1) is 5.52 Å². The molecule has 3 nitrogen and oxygen atoms in total. The van der Waals surface area contributed by atoms with Crippen molar-refractivity contribution in [3.63, 3.8) is 0 Å². The van der Waals surface area contributed by atoms with Gasteiger partial charge in [-0.05, 0) is 30.3 Å². The van der Waals surface area contributed by atoms with Gasteiger partial charge in [0.1, 0.15) is 5.75 Å². The van der Waals surface area contributed by atoms with Crippen LogP contribution >= 0.6 is 0 Å². The molecule has 1 radical (unpaired) electrons. The summed E-state index contributed by atoms with van der Waals surface area (Å²) in [5.41, 5.74) is 0.953. The Morgan fingerprint density at radius 3 is 2.94 bits per heavy atom. The number of rotatable bonds is 2. The van der Waals surface area contributed by atoms with Crippen molar-refractivity contribution in [3.05, 3.63) is 60.9 Å². The summed E-state index contributed by atoms with van der Waals surface area (Å²) in [5, 5.41) is 1.05. The van der Waals surface area contributed by atoms with Gasteiger partial charge in [0.2, 0.25) is 5.88 Å². The molecule has 0 spiro atoms. The molecule has 2 heterocycles. The van der Waals surface area contributed by atoms with Crippen LogP contribution < -0.4 is 4.74 Å². The summed E-state index contributed by atoms with van der Waals surface area (Å²) in [4.78, 5) is 8.31. The van der Waals surface area contributed by atoms with Crippen molar-refractivity contribution >= 4 is 10.9 Å². The van der Waals surface area contributed by atoms with Gasteiger partial charge in [0.25, 0.3) is 0 Å². The predicted molar refractivity (Wildman–Crippen MR) is 64.9 cm³/mol. The smallest absolute Gasteiger partial charge is 0.219 e. The zero-order valence-corrected chi connectivity index (χ0v) is 9.00. The lowest BCUT2D eigenvalue weighted by molar-refractivity contribution is 0.463. The molecule has 0 amide bonds. The number of fused-ring (bicyclic) bond motifs is 1. The summed E-state index contributed by atoms with van der Waals surface area (Å²) in [7, 11) is 0. The van der Waals surface area contributed by atoms with Gasteiger partial charge in [-0.3, -0.25) is 4.98 Å². The van der Waals surface area contributed by atoms with Crippen LogP contribution in [0.5, 0.6) is 11.6 Å². The van der Waals surface area contributed by atoms with E-state index in [9.17, 15) is 0 Å². The van der Waals surface area contributed by atoms with Crippen molar-refractivity contribution in [2.24, 2.45) is 0 Å². The maximum absolute atomic E-state index is 5.63. The Bertz CT molecular complexity index is 638. The normalized spacial score (nSPS) is 10.4. The third-order valence-corrected chi connectivity index (χ3v) is 2.39. The predicted octanol–water partition coefficient (Wildman–Crippen LogP) is 3.22. The molecule has 0 aliphatic carbocycles. The molecular formula is C14H9N2O. The molecule has 0 fully saturated rings. The molecule has 0 saturated heterocycles. The van der Waals surface area contributed by atoms with Crippen LogP contribution in [0.4, 0.5) is 0 Å². The second-order valence-corrected chi connectivity index (χ2v) is 3.56. The van der Waals surface area contributed by atoms with E-state index >= 15 is 0 Å². The van der Waals surface area contributed by atoms with E-state index in [2.05, 4.69) is 16.0 Å². The van der Waals surface area contributed by atoms with E-state index in [1.807, 2.05) is 30.3 Å². The van der Waals surface area contributed by atoms with Crippen molar-refractivity contribution < 1.29 is 4.74 Å². The Labute approximate surface area is 98.7 Å². The summed E-state index contributed by atoms with van der Waals surface area (Å²) >= 11 is 0. The lowest BCUT2D eigenvalue weighted by Gasteiger charge is -2.04. The Morgan fingerprint density at radius 1 is 1.06 bits per heavy atom. The quantitative estimate of drug-likeness (QED) is 0.666. The van der Waals surface area contributed by atoms with Gasteiger partial charge in [-0.2, -0.15) is 0 Å². The van der Waals surface area contributed by atoms with Crippen molar-refractivity contribution in [2.75, 3.05) is 0 Å². The van der Waals surface area contributed by atoms with Crippen molar-refractivity contribution in [2.45, 2.75) is 0 Å². The van der Waals surface area contributed by atoms with E-state index in [1.165, 1.54) is 0 Å². The van der Waals surface area contributed by atoms with E-state index in [-0.39, 0.29) is 0 Å². The molecule has 0 atom stereocenters. The van der Waals surface area contributed by atoms with Crippen LogP contribution in [0.15, 0.2) is 54.9 Å². The maximum atomic E-state index is 5.63. The molecule has 0 unspecified atom stereocenters. The lowest BCUT2D eigenvalue weighted by Crippen LogP contribution is -1.87. The third-order valence-electron chi connectivity index (χ3n) is 2.39. The SMILES string of the molecule is [c]1ccc(Oc2ccc3ncccc3c2)nc1. The highest BCUT2D eigenvalue weighted by atomic mass is 16.5. The molecule has 1 aromatic carbocycles. The molecule has 17 heavy (non-hydrogen) atoms. The van der Waals surface area contributed by atoms with Gasteiger partial charge >= 0.3 is 0 Å². The minimum Gasteiger partial charge on any atom is -0.439 e. The summed E-state index contributed by atoms with van der Waals surface area (Å²) in [6.45, 7) is 0. The molecular weight excluding hydrogens is 212 g/mol. The first kappa shape index (κ1) is 9.78. The van der Waals surface area contributed by atoms with Crippen LogP contribution in [0.1, 0.15) is 0 Å². The molecule has 0 aliphatic rings. The number of hydrogen-bond donors (Lipinski definition) is 0. The first-order valence-electron chi connectivity index (χ1n) is 5.26. The molecule has 3 rings (SSSR count). The van der Waals surface area contributed by atoms with Crippen LogP contribution in [0, 0.1) is 6.07 Å². The summed E-state index contributed by atoms with van der Waals surface area (Å²) in [6, 6.07) is 16.1. The maximum Gasteiger partial charge on any atom is 0.219 e. The minimum absolute atomic E-state index is 0.562. The molecule has 3 heteroatoms. The molecule has 0 aliphatic heterocycles. The Balaban J connectivity index is 1.96. The van der Waals surface area contributed by atoms with E-state index in [4.69, 9.17) is 4.74 Å². The number of ether oxygens (including phenoxy) is 1. The average molecular weight is 221 g/mol. The Hall–Kier alpha value is -2.42. The molecule has 0 saturated carbocycles. The number of pyridine rings is 2. The van der Waals surface area contributed by atoms with Gasteiger partial charge in [0, 0.05) is 29.9 Å². The fraction of sp³-hybridized carbons (Fsp3) is 0. The second-order valence-electron chi connectivity index (χ2n) is 3.56. The largest absolute Gasteiger partial charge is 0.439 e. The first-order chi connectivity index (χ1) is 8.42. The van der Waals surface area contributed by atoms with Gasteiger partial charge in [0.15, 0.2) is 0 Å². The highest BCUT2D eigenvalue weighted by Crippen LogP contribution is 2.22. The first-order valence-corrected chi connectivity index (χ1v) is 5.26. The van der Waals surface area contributed by atoms with Crippen molar-refractivity contribution in [1.29, 1.82) is 0 Å². The molecule has 81 valence electrons. The standard InChI is InChI=1S/C14H9N2O/c1-2-8-16-14(5-1)17-12-6-7-13-11(10-12)4-3-9-15-13/h1,3-10H. The monoisotopic (exact) mass is 221 g/mol. The number of aromatic nitrogens is 2. The van der Waals surface area contributed by atoms with Gasteiger partial charge in [-0.15, -0.1) is 0 Å². The molecule has 2 aromatic heterocycles. The van der Waals surface area contributed by atoms with E-state index < -0.39 is 0 Å². The van der Waals surface area contributed by atoms with Gasteiger partial charge < -0.3 is 4.74 Å². The third kappa shape index (κ3) is 2.08. The molecule has 0 bridgehead atoms. The Morgan fingerprint density at radius 2 is 2.06 bits per heavy atom. The minimum atomic E-state index is 0.562. The van der Waals surface area contributed by atoms with Crippen LogP contribution in [0.25, 0.3) is 10.9 Å². The highest BCUT2D eigenvalue weighted by molar-refractivity contribution is 5.79. The van der Waals surface area contributed by atoms with Crippen LogP contribution in [-0.4, -0.2) is 9.97 Å². The zero-order chi connectivity index (χ0) is 11.5. The van der Waals surface area contributed by atoms with Gasteiger partial charge in [-0.1, -0.05) is 6.07 Å². The van der Waals surface area contributed by atoms with Crippen LogP contribution in [-0.2, 0) is 0 Å². The average Bonchev–Trinajstić information content (AvgIpc) is 2.40. The van der Waals surface area contributed by atoms with Gasteiger partial charge in [-0.25, -0.2) is 4.98 Å². The van der Waals surface area contributed by atoms with Crippen LogP contribution in [0.2, 0.25) is 0 Å². The Kier molecular flexibility index (Phi) is 2.43. The number of nitrogens with zero attached hydrogens (tertiary/aromatic N) is 2. The van der Waals surface area contributed by atoms with Crippen LogP contribution in [0.3, 0.4) is 0 Å². The van der Waals surface area contributed by atoms with Crippen molar-refractivity contribution in [1.82, 2.24) is 9.97 Å². The number of hydrogen-bond acceptors (Lipinski definition) is 3. The zero-order valence-electron chi connectivity index (χ0n) is 9.00. The van der Waals surface area contributed by atoms with E-state index in [0.717, 1.165) is 16.7 Å². The highest BCUT2D eigenvalue weighted by Gasteiger charge is 1.99. The van der Waals surface area contributed by atoms with Crippen molar-refractivity contribution in [3.8, 4) is 11.6 Å². The topological polar surface area (TPSA) is 35.0 Å². The molecule has 0 N–H and O–H groups in total. The number of benzene rings is 1.